The lowest BCUT2D eigenvalue weighted by atomic mass is 10.1. The van der Waals surface area contributed by atoms with Gasteiger partial charge in [0.2, 0.25) is 0 Å². The standard InChI is InChI=1S/C14H11F3N2O2S/c15-14(16,17)12-8-6-11(7-9-12)10-18-19-22(20,21)13-4-2-1-3-5-13/h1-10,19H/b18-10+. The zero-order chi connectivity index (χ0) is 16.2. The highest BCUT2D eigenvalue weighted by Crippen LogP contribution is 2.28. The van der Waals surface area contributed by atoms with Gasteiger partial charge in [0, 0.05) is 0 Å². The molecule has 2 rings (SSSR count). The first kappa shape index (κ1) is 16.0. The summed E-state index contributed by atoms with van der Waals surface area (Å²) in [5.41, 5.74) is -0.446. The third-order valence-electron chi connectivity index (χ3n) is 2.68. The lowest BCUT2D eigenvalue weighted by Gasteiger charge is -2.06. The van der Waals surface area contributed by atoms with E-state index in [4.69, 9.17) is 0 Å². The molecule has 22 heavy (non-hydrogen) atoms. The number of hydrogen-bond donors (Lipinski definition) is 1. The Bertz CT molecular complexity index is 755. The Kier molecular flexibility index (Phi) is 4.51. The minimum atomic E-state index is -4.41. The van der Waals surface area contributed by atoms with Crippen LogP contribution >= 0.6 is 0 Å². The summed E-state index contributed by atoms with van der Waals surface area (Å²) >= 11 is 0. The fourth-order valence-electron chi connectivity index (χ4n) is 1.58. The predicted molar refractivity (Wildman–Crippen MR) is 75.8 cm³/mol. The van der Waals surface area contributed by atoms with E-state index in [1.807, 2.05) is 4.83 Å². The highest BCUT2D eigenvalue weighted by molar-refractivity contribution is 7.89. The number of hydrazone groups is 1. The Hall–Kier alpha value is -2.35. The molecule has 2 aromatic carbocycles. The van der Waals surface area contributed by atoms with Gasteiger partial charge in [0.1, 0.15) is 0 Å². The number of hydrogen-bond acceptors (Lipinski definition) is 3. The van der Waals surface area contributed by atoms with Crippen molar-refractivity contribution in [1.29, 1.82) is 0 Å². The van der Waals surface area contributed by atoms with Crippen LogP contribution in [0.15, 0.2) is 64.6 Å². The van der Waals surface area contributed by atoms with Crippen LogP contribution in [0.2, 0.25) is 0 Å². The first-order chi connectivity index (χ1) is 10.3. The average molecular weight is 328 g/mol. The van der Waals surface area contributed by atoms with Crippen molar-refractivity contribution in [2.24, 2.45) is 5.10 Å². The van der Waals surface area contributed by atoms with Crippen molar-refractivity contribution in [3.8, 4) is 0 Å². The van der Waals surface area contributed by atoms with Gasteiger partial charge >= 0.3 is 6.18 Å². The quantitative estimate of drug-likeness (QED) is 0.693. The minimum absolute atomic E-state index is 0.0413. The lowest BCUT2D eigenvalue weighted by molar-refractivity contribution is -0.137. The molecule has 0 aliphatic rings. The van der Waals surface area contributed by atoms with E-state index in [-0.39, 0.29) is 4.90 Å². The molecule has 116 valence electrons. The van der Waals surface area contributed by atoms with Gasteiger partial charge in [-0.15, -0.1) is 0 Å². The molecule has 0 radical (unpaired) electrons. The van der Waals surface area contributed by atoms with Crippen LogP contribution in [0, 0.1) is 0 Å². The van der Waals surface area contributed by atoms with Crippen molar-refractivity contribution in [2.75, 3.05) is 0 Å². The summed E-state index contributed by atoms with van der Waals surface area (Å²) in [4.78, 5) is 2.03. The Labute approximate surface area is 125 Å². The van der Waals surface area contributed by atoms with Crippen molar-refractivity contribution in [3.05, 3.63) is 65.7 Å². The first-order valence-electron chi connectivity index (χ1n) is 6.06. The van der Waals surface area contributed by atoms with Gasteiger partial charge in [0.15, 0.2) is 0 Å². The van der Waals surface area contributed by atoms with Crippen LogP contribution in [0.1, 0.15) is 11.1 Å². The highest BCUT2D eigenvalue weighted by Gasteiger charge is 2.29. The minimum Gasteiger partial charge on any atom is -0.200 e. The van der Waals surface area contributed by atoms with Crippen LogP contribution < -0.4 is 4.83 Å². The summed E-state index contributed by atoms with van der Waals surface area (Å²) in [6.45, 7) is 0. The SMILES string of the molecule is O=S(=O)(N/N=C/c1ccc(C(F)(F)F)cc1)c1ccccc1. The average Bonchev–Trinajstić information content (AvgIpc) is 2.48. The van der Waals surface area contributed by atoms with Gasteiger partial charge in [0.05, 0.1) is 16.7 Å². The van der Waals surface area contributed by atoms with Gasteiger partial charge in [-0.1, -0.05) is 30.3 Å². The summed E-state index contributed by atoms with van der Waals surface area (Å²) in [6, 6.07) is 11.8. The van der Waals surface area contributed by atoms with E-state index in [1.165, 1.54) is 24.3 Å². The van der Waals surface area contributed by atoms with Crippen LogP contribution in [0.5, 0.6) is 0 Å². The van der Waals surface area contributed by atoms with E-state index in [9.17, 15) is 21.6 Å². The number of benzene rings is 2. The summed E-state index contributed by atoms with van der Waals surface area (Å²) in [5.74, 6) is 0. The summed E-state index contributed by atoms with van der Waals surface area (Å²) in [6.07, 6.45) is -3.29. The molecule has 0 heterocycles. The molecule has 0 aliphatic heterocycles. The molecule has 0 aromatic heterocycles. The Balaban J connectivity index is 2.07. The fraction of sp³-hybridized carbons (Fsp3) is 0.0714. The van der Waals surface area contributed by atoms with Crippen molar-refractivity contribution < 1.29 is 21.6 Å². The van der Waals surface area contributed by atoms with Crippen molar-refractivity contribution in [1.82, 2.24) is 4.83 Å². The molecule has 0 spiro atoms. The molecule has 0 atom stereocenters. The van der Waals surface area contributed by atoms with Gasteiger partial charge in [-0.2, -0.15) is 26.7 Å². The number of nitrogens with one attached hydrogen (secondary N) is 1. The second kappa shape index (κ2) is 6.18. The lowest BCUT2D eigenvalue weighted by Crippen LogP contribution is -2.18. The Morgan fingerprint density at radius 1 is 0.955 bits per heavy atom. The fourth-order valence-corrected chi connectivity index (χ4v) is 2.39. The Morgan fingerprint density at radius 3 is 2.09 bits per heavy atom. The number of nitrogens with zero attached hydrogens (tertiary/aromatic N) is 1. The molecule has 0 saturated heterocycles. The van der Waals surface area contributed by atoms with Gasteiger partial charge in [-0.25, -0.2) is 4.83 Å². The van der Waals surface area contributed by atoms with Crippen molar-refractivity contribution >= 4 is 16.2 Å². The normalized spacial score (nSPS) is 12.5. The molecule has 4 nitrogen and oxygen atoms in total. The van der Waals surface area contributed by atoms with Crippen LogP contribution in [0.3, 0.4) is 0 Å². The molecule has 0 saturated carbocycles. The van der Waals surface area contributed by atoms with E-state index in [2.05, 4.69) is 5.10 Å². The predicted octanol–water partition coefficient (Wildman–Crippen LogP) is 3.02. The largest absolute Gasteiger partial charge is 0.416 e. The third kappa shape index (κ3) is 4.08. The number of halogens is 3. The van der Waals surface area contributed by atoms with E-state index < -0.39 is 21.8 Å². The molecule has 0 fully saturated rings. The number of sulfonamides is 1. The molecule has 0 amide bonds. The van der Waals surface area contributed by atoms with Crippen LogP contribution in [-0.2, 0) is 16.2 Å². The zero-order valence-corrected chi connectivity index (χ0v) is 11.9. The van der Waals surface area contributed by atoms with E-state index >= 15 is 0 Å². The molecule has 0 unspecified atom stereocenters. The van der Waals surface area contributed by atoms with E-state index in [0.717, 1.165) is 18.3 Å². The number of rotatable bonds is 4. The second-order valence-electron chi connectivity index (χ2n) is 4.29. The molecule has 0 aliphatic carbocycles. The van der Waals surface area contributed by atoms with E-state index in [0.29, 0.717) is 5.56 Å². The molecule has 2 aromatic rings. The second-order valence-corrected chi connectivity index (χ2v) is 5.95. The molecule has 0 bridgehead atoms. The molecular weight excluding hydrogens is 317 g/mol. The van der Waals surface area contributed by atoms with Gasteiger partial charge in [-0.3, -0.25) is 0 Å². The van der Waals surface area contributed by atoms with Crippen molar-refractivity contribution in [3.63, 3.8) is 0 Å². The van der Waals surface area contributed by atoms with Crippen LogP contribution in [0.25, 0.3) is 0 Å². The van der Waals surface area contributed by atoms with Crippen LogP contribution in [0.4, 0.5) is 13.2 Å². The number of alkyl halides is 3. The Morgan fingerprint density at radius 2 is 1.55 bits per heavy atom. The van der Waals surface area contributed by atoms with Gasteiger partial charge < -0.3 is 0 Å². The summed E-state index contributed by atoms with van der Waals surface area (Å²) in [5, 5.41) is 3.54. The molecular formula is C14H11F3N2O2S. The zero-order valence-electron chi connectivity index (χ0n) is 11.1. The van der Waals surface area contributed by atoms with Crippen LogP contribution in [-0.4, -0.2) is 14.6 Å². The molecule has 8 heteroatoms. The highest BCUT2D eigenvalue weighted by atomic mass is 32.2. The smallest absolute Gasteiger partial charge is 0.200 e. The monoisotopic (exact) mass is 328 g/mol. The van der Waals surface area contributed by atoms with Crippen molar-refractivity contribution in [2.45, 2.75) is 11.1 Å². The van der Waals surface area contributed by atoms with Gasteiger partial charge in [-0.05, 0) is 29.8 Å². The van der Waals surface area contributed by atoms with Gasteiger partial charge in [0.25, 0.3) is 10.0 Å². The van der Waals surface area contributed by atoms with E-state index in [1.54, 1.807) is 18.2 Å². The maximum Gasteiger partial charge on any atom is 0.416 e. The maximum absolute atomic E-state index is 12.4. The summed E-state index contributed by atoms with van der Waals surface area (Å²) in [7, 11) is -3.79. The summed E-state index contributed by atoms with van der Waals surface area (Å²) < 4.78 is 60.8. The third-order valence-corrected chi connectivity index (χ3v) is 3.92. The topological polar surface area (TPSA) is 58.5 Å². The molecule has 1 N–H and O–H groups in total. The maximum atomic E-state index is 12.4. The first-order valence-corrected chi connectivity index (χ1v) is 7.54.